The van der Waals surface area contributed by atoms with E-state index in [2.05, 4.69) is 34.7 Å². The minimum atomic E-state index is 0.385. The Balaban J connectivity index is 1.83. The van der Waals surface area contributed by atoms with Gasteiger partial charge in [-0.25, -0.2) is 0 Å². The van der Waals surface area contributed by atoms with Crippen LogP contribution in [0.25, 0.3) is 0 Å². The van der Waals surface area contributed by atoms with Crippen molar-refractivity contribution in [3.8, 4) is 0 Å². The van der Waals surface area contributed by atoms with Gasteiger partial charge in [-0.05, 0) is 11.6 Å². The number of nitrogens with zero attached hydrogens (tertiary/aromatic N) is 2. The fourth-order valence-corrected chi connectivity index (χ4v) is 3.11. The molecule has 1 aromatic heterocycles. The summed E-state index contributed by atoms with van der Waals surface area (Å²) in [5, 5.41) is 7.81. The lowest BCUT2D eigenvalue weighted by Gasteiger charge is -2.11. The molecule has 0 amide bonds. The second-order valence-electron chi connectivity index (χ2n) is 3.92. The van der Waals surface area contributed by atoms with Crippen molar-refractivity contribution in [2.45, 2.75) is 10.9 Å². The maximum absolute atomic E-state index is 4.34. The number of aryl methyl sites for hydroxylation is 1. The second kappa shape index (κ2) is 3.87. The first-order valence-electron chi connectivity index (χ1n) is 5.31. The number of anilines is 1. The van der Waals surface area contributed by atoms with E-state index < -0.39 is 0 Å². The van der Waals surface area contributed by atoms with Crippen LogP contribution in [0.5, 0.6) is 0 Å². The van der Waals surface area contributed by atoms with E-state index >= 15 is 0 Å². The average molecular weight is 231 g/mol. The zero-order valence-electron chi connectivity index (χ0n) is 9.05. The zero-order chi connectivity index (χ0) is 11.0. The van der Waals surface area contributed by atoms with E-state index in [9.17, 15) is 0 Å². The van der Waals surface area contributed by atoms with Crippen LogP contribution in [0.4, 0.5) is 5.82 Å². The number of thioether (sulfide) groups is 1. The lowest BCUT2D eigenvalue weighted by atomic mass is 10.1. The molecule has 82 valence electrons. The molecule has 0 aliphatic carbocycles. The van der Waals surface area contributed by atoms with Crippen molar-refractivity contribution >= 4 is 17.6 Å². The summed E-state index contributed by atoms with van der Waals surface area (Å²) in [6.07, 6.45) is 1.95. The monoisotopic (exact) mass is 231 g/mol. The van der Waals surface area contributed by atoms with Gasteiger partial charge in [0.15, 0.2) is 0 Å². The molecule has 1 aliphatic heterocycles. The summed E-state index contributed by atoms with van der Waals surface area (Å²) in [5.41, 5.74) is 1.39. The predicted octanol–water partition coefficient (Wildman–Crippen LogP) is 2.68. The van der Waals surface area contributed by atoms with Gasteiger partial charge in [-0.3, -0.25) is 4.68 Å². The normalized spacial score (nSPS) is 18.4. The van der Waals surface area contributed by atoms with Gasteiger partial charge in [-0.15, -0.1) is 11.8 Å². The van der Waals surface area contributed by atoms with E-state index in [-0.39, 0.29) is 0 Å². The number of fused-ring (bicyclic) bond motifs is 1. The molecule has 1 aromatic carbocycles. The summed E-state index contributed by atoms with van der Waals surface area (Å²) >= 11 is 1.90. The molecular weight excluding hydrogens is 218 g/mol. The first-order chi connectivity index (χ1) is 7.83. The fourth-order valence-electron chi connectivity index (χ4n) is 1.95. The fraction of sp³-hybridized carbons (Fsp3) is 0.250. The van der Waals surface area contributed by atoms with Crippen LogP contribution in [0, 0.1) is 0 Å². The Bertz CT molecular complexity index is 506. The van der Waals surface area contributed by atoms with E-state index in [0.29, 0.717) is 6.04 Å². The number of aromatic nitrogens is 2. The smallest absolute Gasteiger partial charge is 0.148 e. The Morgan fingerprint density at radius 1 is 1.38 bits per heavy atom. The summed E-state index contributed by atoms with van der Waals surface area (Å²) in [6.45, 7) is 0. The van der Waals surface area contributed by atoms with Gasteiger partial charge in [-0.1, -0.05) is 18.2 Å². The number of nitrogens with one attached hydrogen (secondary N) is 1. The molecule has 4 heteroatoms. The zero-order valence-corrected chi connectivity index (χ0v) is 9.87. The molecule has 0 spiro atoms. The van der Waals surface area contributed by atoms with Crippen LogP contribution in [0.1, 0.15) is 11.6 Å². The van der Waals surface area contributed by atoms with Crippen LogP contribution < -0.4 is 5.32 Å². The van der Waals surface area contributed by atoms with Gasteiger partial charge in [-0.2, -0.15) is 5.10 Å². The summed E-state index contributed by atoms with van der Waals surface area (Å²) in [7, 11) is 1.93. The third-order valence-electron chi connectivity index (χ3n) is 2.74. The van der Waals surface area contributed by atoms with Crippen LogP contribution in [-0.2, 0) is 7.05 Å². The largest absolute Gasteiger partial charge is 0.361 e. The van der Waals surface area contributed by atoms with Crippen molar-refractivity contribution in [3.05, 3.63) is 42.1 Å². The van der Waals surface area contributed by atoms with Crippen molar-refractivity contribution in [2.75, 3.05) is 11.1 Å². The number of hydrogen-bond acceptors (Lipinski definition) is 3. The lowest BCUT2D eigenvalue weighted by Crippen LogP contribution is -2.10. The van der Waals surface area contributed by atoms with Crippen LogP contribution in [0.3, 0.4) is 0 Å². The van der Waals surface area contributed by atoms with Crippen LogP contribution in [0.15, 0.2) is 41.4 Å². The standard InChI is InChI=1S/C12H13N3S/c1-15-7-6-12(14-15)13-10-8-16-11-5-3-2-4-9(10)11/h2-7,10H,8H2,1H3,(H,13,14). The molecule has 0 saturated carbocycles. The molecule has 0 radical (unpaired) electrons. The van der Waals surface area contributed by atoms with Crippen molar-refractivity contribution in [1.29, 1.82) is 0 Å². The first kappa shape index (κ1) is 9.78. The molecule has 1 atom stereocenters. The number of hydrogen-bond donors (Lipinski definition) is 1. The third-order valence-corrected chi connectivity index (χ3v) is 3.92. The van der Waals surface area contributed by atoms with Gasteiger partial charge >= 0.3 is 0 Å². The van der Waals surface area contributed by atoms with Gasteiger partial charge in [0.25, 0.3) is 0 Å². The molecule has 0 saturated heterocycles. The first-order valence-corrected chi connectivity index (χ1v) is 6.29. The highest BCUT2D eigenvalue weighted by molar-refractivity contribution is 7.99. The topological polar surface area (TPSA) is 29.9 Å². The number of benzene rings is 1. The molecule has 3 nitrogen and oxygen atoms in total. The molecular formula is C12H13N3S. The van der Waals surface area contributed by atoms with E-state index in [4.69, 9.17) is 0 Å². The predicted molar refractivity (Wildman–Crippen MR) is 66.7 cm³/mol. The third kappa shape index (κ3) is 1.69. The highest BCUT2D eigenvalue weighted by atomic mass is 32.2. The van der Waals surface area contributed by atoms with Gasteiger partial charge in [0.05, 0.1) is 6.04 Å². The van der Waals surface area contributed by atoms with E-state index in [0.717, 1.165) is 11.6 Å². The van der Waals surface area contributed by atoms with Crippen molar-refractivity contribution < 1.29 is 0 Å². The average Bonchev–Trinajstić information content (AvgIpc) is 2.87. The van der Waals surface area contributed by atoms with Gasteiger partial charge in [0.1, 0.15) is 5.82 Å². The van der Waals surface area contributed by atoms with Gasteiger partial charge in [0.2, 0.25) is 0 Å². The van der Waals surface area contributed by atoms with Gasteiger partial charge < -0.3 is 5.32 Å². The minimum absolute atomic E-state index is 0.385. The highest BCUT2D eigenvalue weighted by Crippen LogP contribution is 2.39. The molecule has 1 aliphatic rings. The molecule has 2 aromatic rings. The van der Waals surface area contributed by atoms with E-state index in [1.807, 2.05) is 35.8 Å². The van der Waals surface area contributed by atoms with Gasteiger partial charge in [0, 0.05) is 30.0 Å². The molecule has 16 heavy (non-hydrogen) atoms. The van der Waals surface area contributed by atoms with E-state index in [1.54, 1.807) is 0 Å². The van der Waals surface area contributed by atoms with Crippen molar-refractivity contribution in [2.24, 2.45) is 7.05 Å². The number of rotatable bonds is 2. The van der Waals surface area contributed by atoms with Crippen LogP contribution in [0.2, 0.25) is 0 Å². The molecule has 2 heterocycles. The summed E-state index contributed by atoms with van der Waals surface area (Å²) in [5.74, 6) is 2.03. The molecule has 1 N–H and O–H groups in total. The molecule has 3 rings (SSSR count). The minimum Gasteiger partial charge on any atom is -0.361 e. The second-order valence-corrected chi connectivity index (χ2v) is 4.98. The Morgan fingerprint density at radius 3 is 3.06 bits per heavy atom. The van der Waals surface area contributed by atoms with Crippen molar-refractivity contribution in [1.82, 2.24) is 9.78 Å². The quantitative estimate of drug-likeness (QED) is 0.861. The molecule has 0 fully saturated rings. The Labute approximate surface area is 98.9 Å². The Hall–Kier alpha value is -1.42. The SMILES string of the molecule is Cn1ccc(NC2CSc3ccccc32)n1. The molecule has 1 unspecified atom stereocenters. The maximum atomic E-state index is 4.34. The molecule has 0 bridgehead atoms. The van der Waals surface area contributed by atoms with Crippen molar-refractivity contribution in [3.63, 3.8) is 0 Å². The van der Waals surface area contributed by atoms with Crippen LogP contribution >= 0.6 is 11.8 Å². The summed E-state index contributed by atoms with van der Waals surface area (Å²) in [4.78, 5) is 1.39. The highest BCUT2D eigenvalue weighted by Gasteiger charge is 2.22. The summed E-state index contributed by atoms with van der Waals surface area (Å²) in [6, 6.07) is 10.9. The van der Waals surface area contributed by atoms with Crippen LogP contribution in [-0.4, -0.2) is 15.5 Å². The maximum Gasteiger partial charge on any atom is 0.148 e. The lowest BCUT2D eigenvalue weighted by molar-refractivity contribution is 0.761. The Morgan fingerprint density at radius 2 is 2.25 bits per heavy atom. The van der Waals surface area contributed by atoms with E-state index in [1.165, 1.54) is 10.5 Å². The Kier molecular flexibility index (Phi) is 2.36. The summed E-state index contributed by atoms with van der Waals surface area (Å²) < 4.78 is 1.82.